The Labute approximate surface area is 175 Å². The molecule has 1 aromatic rings. The van der Waals surface area contributed by atoms with Gasteiger partial charge in [0.1, 0.15) is 5.00 Å². The number of carboxylic acid groups (broad SMARTS) is 1. The molecule has 1 amide bonds. The third kappa shape index (κ3) is 4.55. The van der Waals surface area contributed by atoms with Gasteiger partial charge in [-0.1, -0.05) is 11.1 Å². The van der Waals surface area contributed by atoms with Crippen LogP contribution in [0.4, 0.5) is 5.00 Å². The Balaban J connectivity index is 1.91. The van der Waals surface area contributed by atoms with E-state index in [2.05, 4.69) is 5.32 Å². The fourth-order valence-electron chi connectivity index (χ4n) is 4.16. The topological polar surface area (TPSA) is 95.5 Å². The Morgan fingerprint density at radius 1 is 1.07 bits per heavy atom. The molecule has 2 aliphatic rings. The van der Waals surface area contributed by atoms with Crippen LogP contribution in [-0.4, -0.2) is 23.9 Å². The molecule has 0 bridgehead atoms. The van der Waals surface area contributed by atoms with Crippen LogP contribution in [0.25, 0.3) is 0 Å². The van der Waals surface area contributed by atoms with Crippen LogP contribution in [-0.2, 0) is 27.2 Å². The minimum absolute atomic E-state index is 0.262. The lowest BCUT2D eigenvalue weighted by atomic mass is 9.76. The van der Waals surface area contributed by atoms with Crippen LogP contribution in [0, 0.1) is 11.8 Å². The van der Waals surface area contributed by atoms with Crippen molar-refractivity contribution in [2.45, 2.75) is 72.3 Å². The molecular weight excluding hydrogens is 390 g/mol. The van der Waals surface area contributed by atoms with Gasteiger partial charge in [0, 0.05) is 16.8 Å². The van der Waals surface area contributed by atoms with Crippen LogP contribution in [0.15, 0.2) is 11.1 Å². The lowest BCUT2D eigenvalue weighted by molar-refractivity contribution is -0.313. The summed E-state index contributed by atoms with van der Waals surface area (Å²) in [4.78, 5) is 38.6. The fourth-order valence-corrected chi connectivity index (χ4v) is 5.44. The van der Waals surface area contributed by atoms with E-state index in [-0.39, 0.29) is 12.0 Å². The number of ether oxygens (including phenoxy) is 1. The van der Waals surface area contributed by atoms with Crippen molar-refractivity contribution in [3.8, 4) is 0 Å². The van der Waals surface area contributed by atoms with Crippen molar-refractivity contribution in [1.29, 1.82) is 0 Å². The number of aliphatic carboxylic acids is 1. The maximum absolute atomic E-state index is 13.1. The van der Waals surface area contributed by atoms with E-state index in [4.69, 9.17) is 4.74 Å². The lowest BCUT2D eigenvalue weighted by Gasteiger charge is -2.32. The van der Waals surface area contributed by atoms with Crippen molar-refractivity contribution < 1.29 is 24.2 Å². The number of rotatable bonds is 5. The van der Waals surface area contributed by atoms with E-state index in [0.717, 1.165) is 47.3 Å². The van der Waals surface area contributed by atoms with Gasteiger partial charge in [-0.25, -0.2) is 4.79 Å². The average Bonchev–Trinajstić information content (AvgIpc) is 3.00. The van der Waals surface area contributed by atoms with E-state index in [1.54, 1.807) is 13.8 Å². The number of fused-ring (bicyclic) bond motifs is 1. The molecule has 29 heavy (non-hydrogen) atoms. The molecule has 0 radical (unpaired) electrons. The normalized spacial score (nSPS) is 21.7. The van der Waals surface area contributed by atoms with Gasteiger partial charge in [0.25, 0.3) is 0 Å². The molecule has 3 rings (SSSR count). The Bertz CT molecular complexity index is 867. The molecule has 1 N–H and O–H groups in total. The number of carboxylic acids is 1. The van der Waals surface area contributed by atoms with Crippen molar-refractivity contribution in [2.24, 2.45) is 11.8 Å². The molecule has 2 unspecified atom stereocenters. The molecule has 2 atom stereocenters. The summed E-state index contributed by atoms with van der Waals surface area (Å²) in [6.07, 6.45) is 4.15. The highest BCUT2D eigenvalue weighted by molar-refractivity contribution is 7.17. The molecule has 7 heteroatoms. The van der Waals surface area contributed by atoms with Gasteiger partial charge in [0.15, 0.2) is 0 Å². The first-order valence-electron chi connectivity index (χ1n) is 10.2. The molecule has 158 valence electrons. The van der Waals surface area contributed by atoms with E-state index in [9.17, 15) is 19.5 Å². The number of esters is 1. The summed E-state index contributed by atoms with van der Waals surface area (Å²) in [5.74, 6) is -3.58. The molecule has 6 nitrogen and oxygen atoms in total. The molecule has 2 aliphatic carbocycles. The zero-order valence-corrected chi connectivity index (χ0v) is 18.2. The summed E-state index contributed by atoms with van der Waals surface area (Å²) < 4.78 is 5.42. The van der Waals surface area contributed by atoms with E-state index >= 15 is 0 Å². The molecule has 0 spiro atoms. The first kappa shape index (κ1) is 21.6. The van der Waals surface area contributed by atoms with Gasteiger partial charge in [0.2, 0.25) is 5.91 Å². The number of amides is 1. The van der Waals surface area contributed by atoms with Gasteiger partial charge in [0.05, 0.1) is 17.6 Å². The van der Waals surface area contributed by atoms with E-state index in [1.165, 1.54) is 11.3 Å². The van der Waals surface area contributed by atoms with E-state index in [0.29, 0.717) is 23.4 Å². The van der Waals surface area contributed by atoms with Gasteiger partial charge in [-0.15, -0.1) is 11.3 Å². The summed E-state index contributed by atoms with van der Waals surface area (Å²) >= 11 is 1.41. The molecule has 1 aromatic heterocycles. The monoisotopic (exact) mass is 418 g/mol. The number of hydrogen-bond acceptors (Lipinski definition) is 6. The summed E-state index contributed by atoms with van der Waals surface area (Å²) in [6, 6.07) is 0. The lowest BCUT2D eigenvalue weighted by Crippen LogP contribution is -2.42. The predicted molar refractivity (Wildman–Crippen MR) is 110 cm³/mol. The van der Waals surface area contributed by atoms with E-state index < -0.39 is 23.8 Å². The van der Waals surface area contributed by atoms with Crippen molar-refractivity contribution in [3.63, 3.8) is 0 Å². The summed E-state index contributed by atoms with van der Waals surface area (Å²) in [7, 11) is 0. The van der Waals surface area contributed by atoms with Gasteiger partial charge >= 0.3 is 5.97 Å². The van der Waals surface area contributed by atoms with Crippen molar-refractivity contribution in [3.05, 3.63) is 27.2 Å². The highest BCUT2D eigenvalue weighted by Gasteiger charge is 2.35. The first-order chi connectivity index (χ1) is 13.7. The van der Waals surface area contributed by atoms with Gasteiger partial charge in [-0.05, 0) is 71.8 Å². The summed E-state index contributed by atoms with van der Waals surface area (Å²) in [5.41, 5.74) is 3.44. The Kier molecular flexibility index (Phi) is 6.46. The Hall–Kier alpha value is -2.15. The summed E-state index contributed by atoms with van der Waals surface area (Å²) in [5, 5.41) is 15.0. The maximum atomic E-state index is 13.1. The molecule has 0 aromatic carbocycles. The van der Waals surface area contributed by atoms with Gasteiger partial charge in [-0.3, -0.25) is 4.79 Å². The Morgan fingerprint density at radius 2 is 1.69 bits per heavy atom. The Morgan fingerprint density at radius 3 is 2.31 bits per heavy atom. The second-order valence-corrected chi connectivity index (χ2v) is 9.46. The molecule has 0 aliphatic heterocycles. The number of allylic oxidation sites excluding steroid dienone is 2. The van der Waals surface area contributed by atoms with Crippen LogP contribution >= 0.6 is 11.3 Å². The van der Waals surface area contributed by atoms with Crippen LogP contribution in [0.3, 0.4) is 0 Å². The van der Waals surface area contributed by atoms with Crippen LogP contribution in [0.5, 0.6) is 0 Å². The van der Waals surface area contributed by atoms with Crippen LogP contribution in [0.2, 0.25) is 0 Å². The van der Waals surface area contributed by atoms with Crippen LogP contribution in [0.1, 0.15) is 74.2 Å². The van der Waals surface area contributed by atoms with Crippen molar-refractivity contribution >= 4 is 34.2 Å². The zero-order valence-electron chi connectivity index (χ0n) is 17.4. The second kappa shape index (κ2) is 8.69. The molecular formula is C22H28NO5S-. The first-order valence-corrected chi connectivity index (χ1v) is 11.0. The summed E-state index contributed by atoms with van der Waals surface area (Å²) in [6.45, 7) is 7.40. The number of thiophene rings is 1. The van der Waals surface area contributed by atoms with E-state index in [1.807, 2.05) is 13.8 Å². The van der Waals surface area contributed by atoms with Crippen LogP contribution < -0.4 is 10.4 Å². The highest BCUT2D eigenvalue weighted by atomic mass is 32.1. The van der Waals surface area contributed by atoms with Gasteiger partial charge < -0.3 is 20.0 Å². The predicted octanol–water partition coefficient (Wildman–Crippen LogP) is 3.24. The largest absolute Gasteiger partial charge is 0.550 e. The van der Waals surface area contributed by atoms with Crippen molar-refractivity contribution in [1.82, 2.24) is 0 Å². The number of aryl methyl sites for hydroxylation is 1. The fraction of sp³-hybridized carbons (Fsp3) is 0.591. The smallest absolute Gasteiger partial charge is 0.341 e. The SMILES string of the molecule is CC1=C(C)CC(C(=O)Nc2sc3c(c2C(=O)OC(C)C)CCCC3)C(C(=O)[O-])C1. The molecule has 0 saturated heterocycles. The number of nitrogens with one attached hydrogen (secondary N) is 1. The minimum atomic E-state index is -1.21. The maximum Gasteiger partial charge on any atom is 0.341 e. The quantitative estimate of drug-likeness (QED) is 0.585. The van der Waals surface area contributed by atoms with Gasteiger partial charge in [-0.2, -0.15) is 0 Å². The minimum Gasteiger partial charge on any atom is -0.550 e. The number of anilines is 1. The highest BCUT2D eigenvalue weighted by Crippen LogP contribution is 2.40. The molecule has 1 heterocycles. The molecule has 0 fully saturated rings. The van der Waals surface area contributed by atoms with Crippen molar-refractivity contribution in [2.75, 3.05) is 5.32 Å². The second-order valence-electron chi connectivity index (χ2n) is 8.36. The third-order valence-electron chi connectivity index (χ3n) is 5.86. The average molecular weight is 419 g/mol. The standard InChI is InChI=1S/C22H29NO5S/c1-11(2)28-22(27)18-14-7-5-6-8-17(14)29-20(18)23-19(24)15-9-12(3)13(4)10-16(15)21(25)26/h11,15-16H,5-10H2,1-4H3,(H,23,24)(H,25,26)/p-1. The zero-order chi connectivity index (χ0) is 21.3. The number of carbonyl (C=O) groups excluding carboxylic acids is 3. The third-order valence-corrected chi connectivity index (χ3v) is 7.07. The molecule has 0 saturated carbocycles. The number of carbonyl (C=O) groups is 3. The number of hydrogen-bond donors (Lipinski definition) is 1.